The first-order chi connectivity index (χ1) is 13.2. The quantitative estimate of drug-likeness (QED) is 0.711. The van der Waals surface area contributed by atoms with Gasteiger partial charge in [-0.3, -0.25) is 9.58 Å². The first kappa shape index (κ1) is 16.7. The number of rotatable bonds is 4. The van der Waals surface area contributed by atoms with Crippen LogP contribution in [0.3, 0.4) is 0 Å². The van der Waals surface area contributed by atoms with Crippen molar-refractivity contribution in [3.63, 3.8) is 0 Å². The summed E-state index contributed by atoms with van der Waals surface area (Å²) in [5.74, 6) is 1.40. The molecule has 7 heteroatoms. The van der Waals surface area contributed by atoms with Crippen LogP contribution < -0.4 is 4.90 Å². The number of hydrogen-bond acceptors (Lipinski definition) is 5. The molecule has 142 valence electrons. The van der Waals surface area contributed by atoms with Crippen molar-refractivity contribution < 1.29 is 0 Å². The number of anilines is 1. The van der Waals surface area contributed by atoms with Gasteiger partial charge >= 0.3 is 0 Å². The zero-order valence-corrected chi connectivity index (χ0v) is 16.0. The van der Waals surface area contributed by atoms with Gasteiger partial charge in [0.05, 0.1) is 18.1 Å². The van der Waals surface area contributed by atoms with Gasteiger partial charge in [-0.25, -0.2) is 9.50 Å². The van der Waals surface area contributed by atoms with E-state index in [0.717, 1.165) is 44.2 Å². The van der Waals surface area contributed by atoms with E-state index >= 15 is 0 Å². The Morgan fingerprint density at radius 2 is 1.96 bits per heavy atom. The summed E-state index contributed by atoms with van der Waals surface area (Å²) in [5.41, 5.74) is 3.49. The SMILES string of the molecule is Cn1cc(CN2CCCC(c3nc4ccc(N5CCCC5)cn4n3)C2)cn1. The predicted octanol–water partition coefficient (Wildman–Crippen LogP) is 2.44. The summed E-state index contributed by atoms with van der Waals surface area (Å²) in [7, 11) is 1.97. The first-order valence-electron chi connectivity index (χ1n) is 10.1. The van der Waals surface area contributed by atoms with E-state index in [1.54, 1.807) is 0 Å². The standard InChI is InChI=1S/C20H27N7/c1-24-12-16(11-21-24)13-25-8-4-5-17(14-25)20-22-19-7-6-18(15-27(19)23-20)26-9-2-3-10-26/h6-7,11-12,15,17H,2-5,8-10,13-14H2,1H3. The van der Waals surface area contributed by atoms with Crippen LogP contribution in [-0.2, 0) is 13.6 Å². The van der Waals surface area contributed by atoms with E-state index in [1.807, 2.05) is 22.4 Å². The number of nitrogens with zero attached hydrogens (tertiary/aromatic N) is 7. The van der Waals surface area contributed by atoms with Crippen LogP contribution in [0.1, 0.15) is 43.0 Å². The molecular weight excluding hydrogens is 338 g/mol. The molecule has 2 aliphatic heterocycles. The van der Waals surface area contributed by atoms with Crippen LogP contribution in [0.25, 0.3) is 5.65 Å². The van der Waals surface area contributed by atoms with Gasteiger partial charge in [0.25, 0.3) is 0 Å². The highest BCUT2D eigenvalue weighted by molar-refractivity contribution is 5.51. The Bertz CT molecular complexity index is 921. The van der Waals surface area contributed by atoms with Gasteiger partial charge < -0.3 is 4.90 Å². The third-order valence-electron chi connectivity index (χ3n) is 5.84. The smallest absolute Gasteiger partial charge is 0.156 e. The maximum absolute atomic E-state index is 4.85. The number of likely N-dealkylation sites (tertiary alicyclic amines) is 1. The number of fused-ring (bicyclic) bond motifs is 1. The summed E-state index contributed by atoms with van der Waals surface area (Å²) in [5, 5.41) is 9.14. The third-order valence-corrected chi connectivity index (χ3v) is 5.84. The maximum Gasteiger partial charge on any atom is 0.156 e. The van der Waals surface area contributed by atoms with E-state index in [9.17, 15) is 0 Å². The van der Waals surface area contributed by atoms with Crippen molar-refractivity contribution in [2.24, 2.45) is 7.05 Å². The Morgan fingerprint density at radius 1 is 1.07 bits per heavy atom. The molecule has 5 heterocycles. The molecule has 0 amide bonds. The fourth-order valence-corrected chi connectivity index (χ4v) is 4.45. The second-order valence-electron chi connectivity index (χ2n) is 7.95. The van der Waals surface area contributed by atoms with Gasteiger partial charge in [-0.2, -0.15) is 10.2 Å². The Morgan fingerprint density at radius 3 is 2.78 bits per heavy atom. The summed E-state index contributed by atoms with van der Waals surface area (Å²) in [6.45, 7) is 5.41. The Kier molecular flexibility index (Phi) is 4.32. The molecule has 0 spiro atoms. The van der Waals surface area contributed by atoms with Gasteiger partial charge in [0.1, 0.15) is 0 Å². The average Bonchev–Trinajstić information content (AvgIpc) is 3.42. The van der Waals surface area contributed by atoms with Crippen molar-refractivity contribution in [1.82, 2.24) is 29.3 Å². The van der Waals surface area contributed by atoms with Crippen LogP contribution in [0.5, 0.6) is 0 Å². The van der Waals surface area contributed by atoms with E-state index in [2.05, 4.69) is 39.4 Å². The van der Waals surface area contributed by atoms with Crippen LogP contribution in [0.4, 0.5) is 5.69 Å². The van der Waals surface area contributed by atoms with E-state index in [4.69, 9.17) is 10.1 Å². The molecule has 3 aromatic rings. The van der Waals surface area contributed by atoms with E-state index in [0.29, 0.717) is 5.92 Å². The van der Waals surface area contributed by atoms with Gasteiger partial charge in [0, 0.05) is 50.9 Å². The van der Waals surface area contributed by atoms with Crippen LogP contribution >= 0.6 is 0 Å². The molecule has 5 rings (SSSR count). The zero-order chi connectivity index (χ0) is 18.2. The molecular formula is C20H27N7. The van der Waals surface area contributed by atoms with E-state index in [-0.39, 0.29) is 0 Å². The minimum Gasteiger partial charge on any atom is -0.370 e. The first-order valence-corrected chi connectivity index (χ1v) is 10.1. The zero-order valence-electron chi connectivity index (χ0n) is 16.0. The lowest BCUT2D eigenvalue weighted by molar-refractivity contribution is 0.196. The molecule has 0 radical (unpaired) electrons. The number of aromatic nitrogens is 5. The molecule has 7 nitrogen and oxygen atoms in total. The van der Waals surface area contributed by atoms with Crippen molar-refractivity contribution in [2.75, 3.05) is 31.1 Å². The molecule has 2 fully saturated rings. The number of aryl methyl sites for hydroxylation is 1. The molecule has 0 bridgehead atoms. The molecule has 0 N–H and O–H groups in total. The van der Waals surface area contributed by atoms with Crippen LogP contribution in [0, 0.1) is 0 Å². The normalized spacial score (nSPS) is 21.4. The van der Waals surface area contributed by atoms with E-state index in [1.165, 1.54) is 36.9 Å². The summed E-state index contributed by atoms with van der Waals surface area (Å²) in [6, 6.07) is 4.30. The van der Waals surface area contributed by atoms with Gasteiger partial charge in [0.2, 0.25) is 0 Å². The predicted molar refractivity (Wildman–Crippen MR) is 105 cm³/mol. The topological polar surface area (TPSA) is 54.5 Å². The molecule has 1 atom stereocenters. The van der Waals surface area contributed by atoms with Gasteiger partial charge in [-0.1, -0.05) is 0 Å². The van der Waals surface area contributed by atoms with Crippen LogP contribution in [0.2, 0.25) is 0 Å². The molecule has 2 aliphatic rings. The summed E-state index contributed by atoms with van der Waals surface area (Å²) >= 11 is 0. The lowest BCUT2D eigenvalue weighted by Gasteiger charge is -2.30. The lowest BCUT2D eigenvalue weighted by Crippen LogP contribution is -2.34. The highest BCUT2D eigenvalue weighted by Crippen LogP contribution is 2.27. The Hall–Kier alpha value is -2.41. The monoisotopic (exact) mass is 365 g/mol. The summed E-state index contributed by atoms with van der Waals surface area (Å²) < 4.78 is 3.85. The van der Waals surface area contributed by atoms with Crippen molar-refractivity contribution in [3.05, 3.63) is 42.1 Å². The fraction of sp³-hybridized carbons (Fsp3) is 0.550. The number of hydrogen-bond donors (Lipinski definition) is 0. The molecule has 27 heavy (non-hydrogen) atoms. The minimum atomic E-state index is 0.408. The highest BCUT2D eigenvalue weighted by Gasteiger charge is 2.25. The summed E-state index contributed by atoms with van der Waals surface area (Å²) in [6.07, 6.45) is 11.1. The number of piperidine rings is 1. The van der Waals surface area contributed by atoms with E-state index < -0.39 is 0 Å². The average molecular weight is 365 g/mol. The maximum atomic E-state index is 4.85. The van der Waals surface area contributed by atoms with Crippen LogP contribution in [-0.4, -0.2) is 55.5 Å². The van der Waals surface area contributed by atoms with Crippen LogP contribution in [0.15, 0.2) is 30.7 Å². The largest absolute Gasteiger partial charge is 0.370 e. The molecule has 2 saturated heterocycles. The van der Waals surface area contributed by atoms with Gasteiger partial charge in [-0.15, -0.1) is 0 Å². The number of pyridine rings is 1. The van der Waals surface area contributed by atoms with Crippen molar-refractivity contribution >= 4 is 11.3 Å². The minimum absolute atomic E-state index is 0.408. The van der Waals surface area contributed by atoms with Crippen molar-refractivity contribution in [2.45, 2.75) is 38.1 Å². The molecule has 1 unspecified atom stereocenters. The van der Waals surface area contributed by atoms with Gasteiger partial charge in [0.15, 0.2) is 11.5 Å². The fourth-order valence-electron chi connectivity index (χ4n) is 4.45. The molecule has 0 saturated carbocycles. The third kappa shape index (κ3) is 3.43. The Balaban J connectivity index is 1.33. The molecule has 3 aromatic heterocycles. The second kappa shape index (κ2) is 6.96. The lowest BCUT2D eigenvalue weighted by atomic mass is 9.97. The Labute approximate surface area is 159 Å². The molecule has 0 aromatic carbocycles. The van der Waals surface area contributed by atoms with Crippen molar-refractivity contribution in [1.29, 1.82) is 0 Å². The second-order valence-corrected chi connectivity index (χ2v) is 7.95. The molecule has 0 aliphatic carbocycles. The summed E-state index contributed by atoms with van der Waals surface area (Å²) in [4.78, 5) is 9.79. The van der Waals surface area contributed by atoms with Gasteiger partial charge in [-0.05, 0) is 44.4 Å². The highest BCUT2D eigenvalue weighted by atomic mass is 15.3. The van der Waals surface area contributed by atoms with Crippen molar-refractivity contribution in [3.8, 4) is 0 Å².